The molecule has 15 heavy (non-hydrogen) atoms. The normalized spacial score (nSPS) is 11.5. The fraction of sp³-hybridized carbons (Fsp3) is 0.250. The second-order valence-electron chi connectivity index (χ2n) is 3.27. The van der Waals surface area contributed by atoms with Gasteiger partial charge in [-0.25, -0.2) is 4.79 Å². The molecule has 0 radical (unpaired) electrons. The number of hydrogen-bond acceptors (Lipinski definition) is 2. The third-order valence-corrected chi connectivity index (χ3v) is 1.84. The molecule has 0 bridgehead atoms. The van der Waals surface area contributed by atoms with E-state index in [2.05, 4.69) is 11.9 Å². The van der Waals surface area contributed by atoms with Crippen LogP contribution in [0.25, 0.3) is 0 Å². The molecule has 0 fully saturated rings. The van der Waals surface area contributed by atoms with Crippen molar-refractivity contribution in [1.82, 2.24) is 5.32 Å². The summed E-state index contributed by atoms with van der Waals surface area (Å²) >= 11 is 0. The molecule has 0 aliphatic heterocycles. The topological polar surface area (TPSA) is 38.3 Å². The van der Waals surface area contributed by atoms with Crippen LogP contribution in [0.1, 0.15) is 13.3 Å². The lowest BCUT2D eigenvalue weighted by Crippen LogP contribution is -2.34. The highest BCUT2D eigenvalue weighted by molar-refractivity contribution is 5.70. The Labute approximate surface area is 89.8 Å². The van der Waals surface area contributed by atoms with Crippen LogP contribution in [-0.4, -0.2) is 12.1 Å². The van der Waals surface area contributed by atoms with Crippen molar-refractivity contribution in [3.8, 4) is 5.75 Å². The molecule has 1 rings (SSSR count). The molecule has 0 heterocycles. The van der Waals surface area contributed by atoms with Gasteiger partial charge in [0.15, 0.2) is 0 Å². The summed E-state index contributed by atoms with van der Waals surface area (Å²) < 4.78 is 5.05. The maximum atomic E-state index is 11.3. The maximum absolute atomic E-state index is 11.3. The predicted octanol–water partition coefficient (Wildman–Crippen LogP) is 2.74. The van der Waals surface area contributed by atoms with Gasteiger partial charge >= 0.3 is 6.09 Å². The molecule has 0 saturated heterocycles. The number of benzene rings is 1. The van der Waals surface area contributed by atoms with Gasteiger partial charge in [0.2, 0.25) is 0 Å². The highest BCUT2D eigenvalue weighted by Gasteiger charge is 2.07. The van der Waals surface area contributed by atoms with Crippen molar-refractivity contribution in [3.63, 3.8) is 0 Å². The first-order chi connectivity index (χ1) is 7.22. The third-order valence-electron chi connectivity index (χ3n) is 1.84. The quantitative estimate of drug-likeness (QED) is 0.767. The van der Waals surface area contributed by atoms with Gasteiger partial charge in [0.1, 0.15) is 5.75 Å². The van der Waals surface area contributed by atoms with Crippen LogP contribution in [-0.2, 0) is 0 Å². The van der Waals surface area contributed by atoms with E-state index in [1.54, 1.807) is 18.2 Å². The van der Waals surface area contributed by atoms with E-state index >= 15 is 0 Å². The van der Waals surface area contributed by atoms with E-state index in [1.807, 2.05) is 25.1 Å². The molecule has 0 saturated carbocycles. The van der Waals surface area contributed by atoms with E-state index < -0.39 is 6.09 Å². The summed E-state index contributed by atoms with van der Waals surface area (Å²) in [5.74, 6) is 0.542. The molecule has 1 atom stereocenters. The van der Waals surface area contributed by atoms with Crippen molar-refractivity contribution < 1.29 is 9.53 Å². The Bertz CT molecular complexity index is 322. The predicted molar refractivity (Wildman–Crippen MR) is 59.9 cm³/mol. The van der Waals surface area contributed by atoms with E-state index in [4.69, 9.17) is 4.74 Å². The molecular formula is C12H15NO2. The lowest BCUT2D eigenvalue weighted by atomic mass is 10.2. The Hall–Kier alpha value is -1.77. The van der Waals surface area contributed by atoms with Crippen LogP contribution >= 0.6 is 0 Å². The minimum atomic E-state index is -0.435. The molecule has 1 aromatic carbocycles. The summed E-state index contributed by atoms with van der Waals surface area (Å²) in [4.78, 5) is 11.3. The minimum absolute atomic E-state index is 0.0405. The van der Waals surface area contributed by atoms with Gasteiger partial charge in [0.05, 0.1) is 0 Å². The van der Waals surface area contributed by atoms with Gasteiger partial charge in [-0.05, 0) is 25.5 Å². The fourth-order valence-corrected chi connectivity index (χ4v) is 1.14. The van der Waals surface area contributed by atoms with Crippen LogP contribution < -0.4 is 10.1 Å². The molecule has 80 valence electrons. The first-order valence-corrected chi connectivity index (χ1v) is 4.86. The first kappa shape index (κ1) is 11.3. The summed E-state index contributed by atoms with van der Waals surface area (Å²) in [6.45, 7) is 5.50. The van der Waals surface area contributed by atoms with Crippen LogP contribution in [0, 0.1) is 0 Å². The Morgan fingerprint density at radius 3 is 2.80 bits per heavy atom. The number of carbonyl (C=O) groups excluding carboxylic acids is 1. The summed E-state index contributed by atoms with van der Waals surface area (Å²) in [5, 5.41) is 2.70. The maximum Gasteiger partial charge on any atom is 0.412 e. The zero-order valence-electron chi connectivity index (χ0n) is 8.77. The van der Waals surface area contributed by atoms with Crippen molar-refractivity contribution >= 4 is 6.09 Å². The zero-order valence-corrected chi connectivity index (χ0v) is 8.77. The molecule has 1 amide bonds. The lowest BCUT2D eigenvalue weighted by Gasteiger charge is -2.11. The van der Waals surface area contributed by atoms with Crippen molar-refractivity contribution in [2.24, 2.45) is 0 Å². The Morgan fingerprint density at radius 1 is 1.53 bits per heavy atom. The number of carbonyl (C=O) groups is 1. The molecule has 3 nitrogen and oxygen atoms in total. The number of ether oxygens (including phenoxy) is 1. The van der Waals surface area contributed by atoms with Gasteiger partial charge in [0.25, 0.3) is 0 Å². The molecular weight excluding hydrogens is 190 g/mol. The summed E-state index contributed by atoms with van der Waals surface area (Å²) in [6.07, 6.45) is 2.05. The standard InChI is InChI=1S/C12H15NO2/c1-3-7-10(2)13-12(14)15-11-8-5-4-6-9-11/h3-6,8-10H,1,7H2,2H3,(H,13,14)/t10-/m1/s1. The first-order valence-electron chi connectivity index (χ1n) is 4.86. The zero-order chi connectivity index (χ0) is 11.1. The Kier molecular flexibility index (Phi) is 4.41. The monoisotopic (exact) mass is 205 g/mol. The smallest absolute Gasteiger partial charge is 0.410 e. The minimum Gasteiger partial charge on any atom is -0.410 e. The van der Waals surface area contributed by atoms with E-state index in [0.717, 1.165) is 6.42 Å². The molecule has 0 spiro atoms. The largest absolute Gasteiger partial charge is 0.412 e. The van der Waals surface area contributed by atoms with Gasteiger partial charge < -0.3 is 10.1 Å². The number of nitrogens with one attached hydrogen (secondary N) is 1. The Morgan fingerprint density at radius 2 is 2.20 bits per heavy atom. The average Bonchev–Trinajstić information content (AvgIpc) is 2.19. The van der Waals surface area contributed by atoms with Gasteiger partial charge in [-0.2, -0.15) is 0 Å². The van der Waals surface area contributed by atoms with Crippen molar-refractivity contribution in [2.45, 2.75) is 19.4 Å². The van der Waals surface area contributed by atoms with Crippen LogP contribution in [0.4, 0.5) is 4.79 Å². The summed E-state index contributed by atoms with van der Waals surface area (Å²) in [7, 11) is 0. The molecule has 1 aromatic rings. The molecule has 0 unspecified atom stereocenters. The van der Waals surface area contributed by atoms with Crippen molar-refractivity contribution in [2.75, 3.05) is 0 Å². The highest BCUT2D eigenvalue weighted by Crippen LogP contribution is 2.08. The fourth-order valence-electron chi connectivity index (χ4n) is 1.14. The van der Waals surface area contributed by atoms with Crippen LogP contribution in [0.5, 0.6) is 5.75 Å². The number of hydrogen-bond donors (Lipinski definition) is 1. The molecule has 0 aliphatic carbocycles. The van der Waals surface area contributed by atoms with Crippen molar-refractivity contribution in [1.29, 1.82) is 0 Å². The molecule has 1 N–H and O–H groups in total. The Balaban J connectivity index is 2.39. The average molecular weight is 205 g/mol. The van der Waals surface area contributed by atoms with Crippen LogP contribution in [0.3, 0.4) is 0 Å². The van der Waals surface area contributed by atoms with Gasteiger partial charge in [-0.15, -0.1) is 6.58 Å². The van der Waals surface area contributed by atoms with Gasteiger partial charge in [-0.3, -0.25) is 0 Å². The third kappa shape index (κ3) is 4.31. The lowest BCUT2D eigenvalue weighted by molar-refractivity contribution is 0.197. The summed E-state index contributed by atoms with van der Waals surface area (Å²) in [6, 6.07) is 9.00. The SMILES string of the molecule is C=CC[C@@H](C)NC(=O)Oc1ccccc1. The number of para-hydroxylation sites is 1. The van der Waals surface area contributed by atoms with Crippen LogP contribution in [0.15, 0.2) is 43.0 Å². The molecule has 0 aliphatic rings. The van der Waals surface area contributed by atoms with E-state index in [9.17, 15) is 4.79 Å². The van der Waals surface area contributed by atoms with Gasteiger partial charge in [-0.1, -0.05) is 24.3 Å². The van der Waals surface area contributed by atoms with E-state index in [-0.39, 0.29) is 6.04 Å². The summed E-state index contributed by atoms with van der Waals surface area (Å²) in [5.41, 5.74) is 0. The molecule has 3 heteroatoms. The van der Waals surface area contributed by atoms with Gasteiger partial charge in [0, 0.05) is 6.04 Å². The van der Waals surface area contributed by atoms with E-state index in [0.29, 0.717) is 5.75 Å². The van der Waals surface area contributed by atoms with Crippen molar-refractivity contribution in [3.05, 3.63) is 43.0 Å². The van der Waals surface area contributed by atoms with E-state index in [1.165, 1.54) is 0 Å². The number of rotatable bonds is 4. The second-order valence-corrected chi connectivity index (χ2v) is 3.27. The second kappa shape index (κ2) is 5.86. The molecule has 0 aromatic heterocycles. The van der Waals surface area contributed by atoms with Crippen LogP contribution in [0.2, 0.25) is 0 Å². The highest BCUT2D eigenvalue weighted by atomic mass is 16.6. The number of amides is 1.